The van der Waals surface area contributed by atoms with Crippen LogP contribution in [0.15, 0.2) is 24.3 Å². The van der Waals surface area contributed by atoms with E-state index in [0.717, 1.165) is 0 Å². The van der Waals surface area contributed by atoms with Gasteiger partial charge in [0.25, 0.3) is 0 Å². The van der Waals surface area contributed by atoms with Crippen LogP contribution >= 0.6 is 0 Å². The lowest BCUT2D eigenvalue weighted by molar-refractivity contribution is -0.125. The van der Waals surface area contributed by atoms with E-state index < -0.39 is 0 Å². The number of hydrogen-bond acceptors (Lipinski definition) is 3. The molecule has 1 aromatic carbocycles. The summed E-state index contributed by atoms with van der Waals surface area (Å²) >= 11 is 0. The molecule has 1 aliphatic heterocycles. The van der Waals surface area contributed by atoms with Crippen LogP contribution in [0.1, 0.15) is 31.1 Å². The van der Waals surface area contributed by atoms with E-state index in [1.54, 1.807) is 24.3 Å². The fourth-order valence-corrected chi connectivity index (χ4v) is 3.15. The van der Waals surface area contributed by atoms with E-state index in [0.29, 0.717) is 11.3 Å². The number of nitrogens with zero attached hydrogens (tertiary/aromatic N) is 1. The molecule has 19 heavy (non-hydrogen) atoms. The zero-order valence-corrected chi connectivity index (χ0v) is 11.1. The highest BCUT2D eigenvalue weighted by Crippen LogP contribution is 2.63. The topological polar surface area (TPSA) is 54.5 Å². The number of benzene rings is 1. The van der Waals surface area contributed by atoms with E-state index in [2.05, 4.69) is 0 Å². The summed E-state index contributed by atoms with van der Waals surface area (Å²) < 4.78 is 0. The van der Waals surface area contributed by atoms with E-state index in [9.17, 15) is 14.4 Å². The molecule has 0 N–H and O–H groups in total. The molecule has 2 fully saturated rings. The third-order valence-corrected chi connectivity index (χ3v) is 4.32. The van der Waals surface area contributed by atoms with Crippen LogP contribution in [0, 0.1) is 17.3 Å². The highest BCUT2D eigenvalue weighted by Gasteiger charge is 2.72. The highest BCUT2D eigenvalue weighted by molar-refractivity contribution is 6.27. The molecule has 1 saturated heterocycles. The average Bonchev–Trinajstić information content (AvgIpc) is 2.80. The number of hydrogen-bond donors (Lipinski definition) is 0. The van der Waals surface area contributed by atoms with Crippen molar-refractivity contribution in [3.8, 4) is 0 Å². The van der Waals surface area contributed by atoms with E-state index in [1.807, 2.05) is 13.8 Å². The van der Waals surface area contributed by atoms with Gasteiger partial charge in [0.2, 0.25) is 11.8 Å². The minimum atomic E-state index is -0.226. The van der Waals surface area contributed by atoms with Crippen molar-refractivity contribution in [3.05, 3.63) is 29.8 Å². The van der Waals surface area contributed by atoms with Gasteiger partial charge in [-0.05, 0) is 24.5 Å². The fraction of sp³-hybridized carbons (Fsp3) is 0.400. The molecular formula is C15H15NO3. The lowest BCUT2D eigenvalue weighted by Crippen LogP contribution is -2.37. The van der Waals surface area contributed by atoms with Gasteiger partial charge in [0.1, 0.15) is 0 Å². The maximum absolute atomic E-state index is 12.3. The van der Waals surface area contributed by atoms with Crippen LogP contribution in [0.3, 0.4) is 0 Å². The van der Waals surface area contributed by atoms with E-state index in [-0.39, 0.29) is 34.8 Å². The Labute approximate surface area is 111 Å². The highest BCUT2D eigenvalue weighted by atomic mass is 16.2. The predicted molar refractivity (Wildman–Crippen MR) is 69.7 cm³/mol. The molecule has 1 aromatic rings. The summed E-state index contributed by atoms with van der Waals surface area (Å²) in [7, 11) is 0. The Hall–Kier alpha value is -1.97. The molecule has 1 aliphatic carbocycles. The lowest BCUT2D eigenvalue weighted by atomic mass is 10.0. The van der Waals surface area contributed by atoms with E-state index >= 15 is 0 Å². The SMILES string of the molecule is CC(=O)c1ccccc1N1C(=O)C2C(C1=O)C2(C)C. The van der Waals surface area contributed by atoms with Crippen molar-refractivity contribution < 1.29 is 14.4 Å². The van der Waals surface area contributed by atoms with Gasteiger partial charge in [0.15, 0.2) is 5.78 Å². The Morgan fingerprint density at radius 1 is 1.11 bits per heavy atom. The fourth-order valence-electron chi connectivity index (χ4n) is 3.15. The van der Waals surface area contributed by atoms with Crippen molar-refractivity contribution >= 4 is 23.3 Å². The van der Waals surface area contributed by atoms with Gasteiger partial charge in [-0.3, -0.25) is 14.4 Å². The van der Waals surface area contributed by atoms with Crippen molar-refractivity contribution in [2.24, 2.45) is 17.3 Å². The number of amides is 2. The molecule has 1 heterocycles. The van der Waals surface area contributed by atoms with Gasteiger partial charge in [0.05, 0.1) is 17.5 Å². The number of piperidine rings is 1. The first-order chi connectivity index (χ1) is 8.87. The Balaban J connectivity index is 2.05. The summed E-state index contributed by atoms with van der Waals surface area (Å²) in [5.41, 5.74) is 0.617. The maximum atomic E-state index is 12.3. The van der Waals surface area contributed by atoms with Gasteiger partial charge < -0.3 is 0 Å². The molecule has 4 heteroatoms. The second-order valence-corrected chi connectivity index (χ2v) is 5.86. The first-order valence-corrected chi connectivity index (χ1v) is 6.35. The molecular weight excluding hydrogens is 242 g/mol. The molecule has 0 spiro atoms. The zero-order valence-electron chi connectivity index (χ0n) is 11.1. The van der Waals surface area contributed by atoms with Crippen LogP contribution in [0.5, 0.6) is 0 Å². The van der Waals surface area contributed by atoms with Crippen LogP contribution in [-0.4, -0.2) is 17.6 Å². The monoisotopic (exact) mass is 257 g/mol. The maximum Gasteiger partial charge on any atom is 0.238 e. The lowest BCUT2D eigenvalue weighted by Gasteiger charge is -2.22. The third kappa shape index (κ3) is 1.43. The number of Topliss-reactive ketones (excluding diaryl/α,β-unsaturated/α-hetero) is 1. The Kier molecular flexibility index (Phi) is 2.24. The van der Waals surface area contributed by atoms with Gasteiger partial charge in [-0.1, -0.05) is 26.0 Å². The minimum Gasteiger partial charge on any atom is -0.294 e. The Bertz CT molecular complexity index is 594. The molecule has 98 valence electrons. The van der Waals surface area contributed by atoms with Crippen molar-refractivity contribution in [1.29, 1.82) is 0 Å². The van der Waals surface area contributed by atoms with Crippen LogP contribution in [0.2, 0.25) is 0 Å². The first kappa shape index (κ1) is 12.1. The van der Waals surface area contributed by atoms with Crippen molar-refractivity contribution in [1.82, 2.24) is 0 Å². The average molecular weight is 257 g/mol. The van der Waals surface area contributed by atoms with Gasteiger partial charge in [-0.25, -0.2) is 4.90 Å². The van der Waals surface area contributed by atoms with Crippen molar-refractivity contribution in [3.63, 3.8) is 0 Å². The number of fused-ring (bicyclic) bond motifs is 1. The van der Waals surface area contributed by atoms with Gasteiger partial charge >= 0.3 is 0 Å². The van der Waals surface area contributed by atoms with Gasteiger partial charge in [-0.15, -0.1) is 0 Å². The molecule has 4 nitrogen and oxygen atoms in total. The number of rotatable bonds is 2. The molecule has 2 unspecified atom stereocenters. The Morgan fingerprint density at radius 3 is 2.16 bits per heavy atom. The summed E-state index contributed by atoms with van der Waals surface area (Å²) in [4.78, 5) is 37.5. The number of carbonyl (C=O) groups is 3. The van der Waals surface area contributed by atoms with E-state index in [4.69, 9.17) is 0 Å². The molecule has 1 saturated carbocycles. The van der Waals surface area contributed by atoms with Crippen LogP contribution in [-0.2, 0) is 9.59 Å². The number of ketones is 1. The number of anilines is 1. The van der Waals surface area contributed by atoms with E-state index in [1.165, 1.54) is 11.8 Å². The second kappa shape index (κ2) is 3.53. The van der Waals surface area contributed by atoms with Crippen LogP contribution in [0.4, 0.5) is 5.69 Å². The summed E-state index contributed by atoms with van der Waals surface area (Å²) in [5.74, 6) is -0.932. The summed E-state index contributed by atoms with van der Waals surface area (Å²) in [6, 6.07) is 6.77. The first-order valence-electron chi connectivity index (χ1n) is 6.35. The molecule has 0 aromatic heterocycles. The predicted octanol–water partition coefficient (Wildman–Crippen LogP) is 2.03. The van der Waals surface area contributed by atoms with Crippen LogP contribution < -0.4 is 4.90 Å². The standard InChI is InChI=1S/C15H15NO3/c1-8(17)9-6-4-5-7-10(9)16-13(18)11-12(14(16)19)15(11,2)3/h4-7,11-12H,1-3H3. The summed E-state index contributed by atoms with van der Waals surface area (Å²) in [6.07, 6.45) is 0. The number of para-hydroxylation sites is 1. The largest absolute Gasteiger partial charge is 0.294 e. The molecule has 2 aliphatic rings. The van der Waals surface area contributed by atoms with Crippen molar-refractivity contribution in [2.45, 2.75) is 20.8 Å². The molecule has 3 rings (SSSR count). The normalized spacial score (nSPS) is 27.4. The van der Waals surface area contributed by atoms with Crippen molar-refractivity contribution in [2.75, 3.05) is 4.90 Å². The second-order valence-electron chi connectivity index (χ2n) is 5.86. The summed E-state index contributed by atoms with van der Waals surface area (Å²) in [6.45, 7) is 5.31. The Morgan fingerprint density at radius 2 is 1.63 bits per heavy atom. The minimum absolute atomic E-state index is 0.143. The molecule has 0 bridgehead atoms. The zero-order chi connectivity index (χ0) is 13.9. The number of imide groups is 1. The quantitative estimate of drug-likeness (QED) is 0.601. The smallest absolute Gasteiger partial charge is 0.238 e. The molecule has 2 atom stereocenters. The molecule has 2 amide bonds. The van der Waals surface area contributed by atoms with Gasteiger partial charge in [0, 0.05) is 5.56 Å². The van der Waals surface area contributed by atoms with Gasteiger partial charge in [-0.2, -0.15) is 0 Å². The molecule has 0 radical (unpaired) electrons. The summed E-state index contributed by atoms with van der Waals surface area (Å²) in [5, 5.41) is 0. The van der Waals surface area contributed by atoms with Crippen LogP contribution in [0.25, 0.3) is 0 Å². The third-order valence-electron chi connectivity index (χ3n) is 4.32. The number of carbonyl (C=O) groups excluding carboxylic acids is 3.